The van der Waals surface area contributed by atoms with E-state index in [9.17, 15) is 0 Å². The van der Waals surface area contributed by atoms with Crippen LogP contribution in [0.15, 0.2) is 35.3 Å². The molecule has 0 amide bonds. The Hall–Kier alpha value is -2.17. The van der Waals surface area contributed by atoms with E-state index in [0.717, 1.165) is 23.9 Å². The Morgan fingerprint density at radius 2 is 2.12 bits per heavy atom. The molecule has 1 aromatic heterocycles. The number of aromatic nitrogens is 3. The molecule has 0 aliphatic carbocycles. The van der Waals surface area contributed by atoms with Crippen molar-refractivity contribution in [1.29, 1.82) is 0 Å². The van der Waals surface area contributed by atoms with E-state index in [1.165, 1.54) is 5.56 Å². The van der Waals surface area contributed by atoms with Crippen molar-refractivity contribution in [2.24, 2.45) is 4.99 Å². The van der Waals surface area contributed by atoms with Gasteiger partial charge in [0.1, 0.15) is 5.69 Å². The number of benzene rings is 1. The van der Waals surface area contributed by atoms with Crippen molar-refractivity contribution in [1.82, 2.24) is 15.0 Å². The van der Waals surface area contributed by atoms with Gasteiger partial charge in [0.15, 0.2) is 5.82 Å². The number of anilines is 1. The summed E-state index contributed by atoms with van der Waals surface area (Å²) < 4.78 is 1.88. The molecule has 5 nitrogen and oxygen atoms in total. The molecule has 1 aliphatic heterocycles. The first-order valence-corrected chi connectivity index (χ1v) is 5.57. The minimum Gasteiger partial charge on any atom is -0.328 e. The first-order valence-electron chi connectivity index (χ1n) is 5.57. The highest BCUT2D eigenvalue weighted by atomic mass is 15.5. The summed E-state index contributed by atoms with van der Waals surface area (Å²) in [7, 11) is 0. The molecule has 3 rings (SSSR count). The van der Waals surface area contributed by atoms with E-state index in [2.05, 4.69) is 32.8 Å². The van der Waals surface area contributed by atoms with Gasteiger partial charge in [-0.05, 0) is 12.5 Å². The zero-order valence-corrected chi connectivity index (χ0v) is 9.59. The van der Waals surface area contributed by atoms with Crippen LogP contribution in [0.4, 0.5) is 5.82 Å². The average molecular weight is 227 g/mol. The van der Waals surface area contributed by atoms with Crippen LogP contribution in [-0.4, -0.2) is 20.8 Å². The van der Waals surface area contributed by atoms with Crippen molar-refractivity contribution in [2.75, 3.05) is 5.32 Å². The van der Waals surface area contributed by atoms with E-state index in [-0.39, 0.29) is 0 Å². The lowest BCUT2D eigenvalue weighted by Crippen LogP contribution is -2.17. The van der Waals surface area contributed by atoms with Crippen LogP contribution in [0, 0.1) is 0 Å². The summed E-state index contributed by atoms with van der Waals surface area (Å²) >= 11 is 0. The van der Waals surface area contributed by atoms with Gasteiger partial charge in [-0.2, -0.15) is 0 Å². The van der Waals surface area contributed by atoms with Crippen LogP contribution in [0.2, 0.25) is 0 Å². The van der Waals surface area contributed by atoms with Crippen LogP contribution >= 0.6 is 0 Å². The molecule has 2 heterocycles. The standard InChI is InChI=1S/C12H13N5/c1-9-13-7-11-12(14-9)17(16-15-11)8-10-5-3-2-4-6-10/h2-6H,7-8H2,1H3,(H,13,14). The fraction of sp³-hybridized carbons (Fsp3) is 0.250. The van der Waals surface area contributed by atoms with Gasteiger partial charge in [-0.3, -0.25) is 4.99 Å². The highest BCUT2D eigenvalue weighted by Crippen LogP contribution is 2.18. The molecule has 5 heteroatoms. The minimum atomic E-state index is 0.614. The molecule has 1 N–H and O–H groups in total. The number of fused-ring (bicyclic) bond motifs is 1. The molecule has 1 aliphatic rings. The van der Waals surface area contributed by atoms with Gasteiger partial charge in [0, 0.05) is 0 Å². The Kier molecular flexibility index (Phi) is 2.36. The van der Waals surface area contributed by atoms with Gasteiger partial charge < -0.3 is 5.32 Å². The molecule has 0 spiro atoms. The number of aliphatic imine (C=N–C) groups is 1. The maximum atomic E-state index is 4.28. The molecule has 17 heavy (non-hydrogen) atoms. The average Bonchev–Trinajstić information content (AvgIpc) is 2.73. The Bertz CT molecular complexity index is 556. The van der Waals surface area contributed by atoms with Gasteiger partial charge in [0.25, 0.3) is 0 Å². The summed E-state index contributed by atoms with van der Waals surface area (Å²) in [4.78, 5) is 4.28. The highest BCUT2D eigenvalue weighted by Gasteiger charge is 2.16. The topological polar surface area (TPSA) is 55.1 Å². The fourth-order valence-corrected chi connectivity index (χ4v) is 1.86. The summed E-state index contributed by atoms with van der Waals surface area (Å²) in [5, 5.41) is 11.5. The molecule has 0 fully saturated rings. The zero-order chi connectivity index (χ0) is 11.7. The molecule has 0 saturated heterocycles. The number of amidine groups is 1. The third-order valence-corrected chi connectivity index (χ3v) is 2.75. The lowest BCUT2D eigenvalue weighted by molar-refractivity contribution is 0.657. The van der Waals surface area contributed by atoms with Gasteiger partial charge in [0.05, 0.1) is 18.9 Å². The second kappa shape index (κ2) is 4.01. The van der Waals surface area contributed by atoms with E-state index in [0.29, 0.717) is 6.54 Å². The summed E-state index contributed by atoms with van der Waals surface area (Å²) in [6.07, 6.45) is 0. The molecule has 0 unspecified atom stereocenters. The summed E-state index contributed by atoms with van der Waals surface area (Å²) in [5.74, 6) is 1.87. The SMILES string of the molecule is CC1=NCc2nnn(Cc3ccccc3)c2N1. The van der Waals surface area contributed by atoms with Crippen molar-refractivity contribution in [2.45, 2.75) is 20.0 Å². The third kappa shape index (κ3) is 1.91. The molecule has 0 bridgehead atoms. The largest absolute Gasteiger partial charge is 0.328 e. The van der Waals surface area contributed by atoms with Crippen molar-refractivity contribution >= 4 is 11.7 Å². The predicted molar refractivity (Wildman–Crippen MR) is 66.0 cm³/mol. The molecule has 0 saturated carbocycles. The minimum absolute atomic E-state index is 0.614. The summed E-state index contributed by atoms with van der Waals surface area (Å²) in [6, 6.07) is 10.2. The Morgan fingerprint density at radius 1 is 1.29 bits per heavy atom. The van der Waals surface area contributed by atoms with E-state index in [1.54, 1.807) is 0 Å². The Balaban J connectivity index is 1.89. The number of hydrogen-bond donors (Lipinski definition) is 1. The van der Waals surface area contributed by atoms with Crippen LogP contribution in [-0.2, 0) is 13.1 Å². The quantitative estimate of drug-likeness (QED) is 0.849. The van der Waals surface area contributed by atoms with Crippen molar-refractivity contribution < 1.29 is 0 Å². The highest BCUT2D eigenvalue weighted by molar-refractivity contribution is 5.94. The third-order valence-electron chi connectivity index (χ3n) is 2.75. The second-order valence-electron chi connectivity index (χ2n) is 4.05. The van der Waals surface area contributed by atoms with E-state index >= 15 is 0 Å². The normalized spacial score (nSPS) is 13.8. The first kappa shape index (κ1) is 10.0. The van der Waals surface area contributed by atoms with Crippen molar-refractivity contribution in [3.63, 3.8) is 0 Å². The summed E-state index contributed by atoms with van der Waals surface area (Å²) in [6.45, 7) is 3.29. The predicted octanol–water partition coefficient (Wildman–Crippen LogP) is 1.67. The summed E-state index contributed by atoms with van der Waals surface area (Å²) in [5.41, 5.74) is 2.12. The van der Waals surface area contributed by atoms with Gasteiger partial charge in [0.2, 0.25) is 0 Å². The van der Waals surface area contributed by atoms with Crippen molar-refractivity contribution in [3.8, 4) is 0 Å². The molecule has 0 atom stereocenters. The van der Waals surface area contributed by atoms with Crippen LogP contribution in [0.3, 0.4) is 0 Å². The van der Waals surface area contributed by atoms with Crippen LogP contribution in [0.25, 0.3) is 0 Å². The zero-order valence-electron chi connectivity index (χ0n) is 9.59. The van der Waals surface area contributed by atoms with Gasteiger partial charge in [-0.1, -0.05) is 35.5 Å². The first-order chi connectivity index (χ1) is 8.33. The Labute approximate surface area is 99.2 Å². The smallest absolute Gasteiger partial charge is 0.155 e. The van der Waals surface area contributed by atoms with Crippen LogP contribution in [0.1, 0.15) is 18.2 Å². The van der Waals surface area contributed by atoms with Gasteiger partial charge in [-0.15, -0.1) is 5.10 Å². The van der Waals surface area contributed by atoms with E-state index < -0.39 is 0 Å². The van der Waals surface area contributed by atoms with Gasteiger partial charge >= 0.3 is 0 Å². The molecule has 1 aromatic carbocycles. The van der Waals surface area contributed by atoms with E-state index in [4.69, 9.17) is 0 Å². The lowest BCUT2D eigenvalue weighted by atomic mass is 10.2. The van der Waals surface area contributed by atoms with Crippen molar-refractivity contribution in [3.05, 3.63) is 41.6 Å². The number of nitrogens with zero attached hydrogens (tertiary/aromatic N) is 4. The molecule has 86 valence electrons. The van der Waals surface area contributed by atoms with Gasteiger partial charge in [-0.25, -0.2) is 4.68 Å². The maximum Gasteiger partial charge on any atom is 0.155 e. The monoisotopic (exact) mass is 227 g/mol. The molecular formula is C12H13N5. The second-order valence-corrected chi connectivity index (χ2v) is 4.05. The number of hydrogen-bond acceptors (Lipinski definition) is 4. The molecular weight excluding hydrogens is 214 g/mol. The van der Waals surface area contributed by atoms with E-state index in [1.807, 2.05) is 29.8 Å². The molecule has 2 aromatic rings. The maximum absolute atomic E-state index is 4.28. The van der Waals surface area contributed by atoms with Crippen LogP contribution in [0.5, 0.6) is 0 Å². The number of nitrogens with one attached hydrogen (secondary N) is 1. The lowest BCUT2D eigenvalue weighted by Gasteiger charge is -2.13. The van der Waals surface area contributed by atoms with Crippen LogP contribution < -0.4 is 5.32 Å². The molecule has 0 radical (unpaired) electrons. The fourth-order valence-electron chi connectivity index (χ4n) is 1.86. The number of rotatable bonds is 2. The Morgan fingerprint density at radius 3 is 2.94 bits per heavy atom.